The summed E-state index contributed by atoms with van der Waals surface area (Å²) < 4.78 is 21.3. The van der Waals surface area contributed by atoms with Crippen molar-refractivity contribution >= 4 is 25.8 Å². The van der Waals surface area contributed by atoms with Gasteiger partial charge in [0, 0.05) is 11.6 Å². The zero-order valence-corrected chi connectivity index (χ0v) is 8.70. The van der Waals surface area contributed by atoms with E-state index in [1.165, 1.54) is 6.26 Å². The Kier molecular flexibility index (Phi) is 4.52. The minimum absolute atomic E-state index is 0.305. The molecular formula is C6H13BrO2S. The smallest absolute Gasteiger partial charge is 0.147 e. The van der Waals surface area contributed by atoms with Gasteiger partial charge in [0.25, 0.3) is 0 Å². The molecule has 0 saturated carbocycles. The van der Waals surface area contributed by atoms with E-state index in [1.807, 2.05) is 6.92 Å². The molecule has 62 valence electrons. The molecule has 0 saturated heterocycles. The number of rotatable bonds is 4. The average Bonchev–Trinajstić information content (AvgIpc) is 1.81. The van der Waals surface area contributed by atoms with Crippen molar-refractivity contribution in [2.45, 2.75) is 13.3 Å². The largest absolute Gasteiger partial charge is 0.229 e. The minimum Gasteiger partial charge on any atom is -0.229 e. The Balaban J connectivity index is 3.56. The molecule has 0 radical (unpaired) electrons. The van der Waals surface area contributed by atoms with Crippen LogP contribution in [0.2, 0.25) is 0 Å². The van der Waals surface area contributed by atoms with Crippen LogP contribution in [0.25, 0.3) is 0 Å². The molecule has 0 aliphatic carbocycles. The molecule has 0 bridgehead atoms. The summed E-state index contributed by atoms with van der Waals surface area (Å²) in [6.07, 6.45) is 2.03. The maximum absolute atomic E-state index is 10.6. The zero-order chi connectivity index (χ0) is 8.20. The van der Waals surface area contributed by atoms with Crippen LogP contribution in [0.1, 0.15) is 13.3 Å². The summed E-state index contributed by atoms with van der Waals surface area (Å²) in [5.74, 6) is 0.759. The van der Waals surface area contributed by atoms with Gasteiger partial charge < -0.3 is 0 Å². The third-order valence-corrected chi connectivity index (χ3v) is 3.33. The number of hydrogen-bond donors (Lipinski definition) is 0. The van der Waals surface area contributed by atoms with E-state index in [0.29, 0.717) is 11.7 Å². The summed E-state index contributed by atoms with van der Waals surface area (Å²) in [5.41, 5.74) is 0. The van der Waals surface area contributed by atoms with Gasteiger partial charge >= 0.3 is 0 Å². The van der Waals surface area contributed by atoms with Crippen LogP contribution in [0.5, 0.6) is 0 Å². The van der Waals surface area contributed by atoms with Crippen molar-refractivity contribution in [2.75, 3.05) is 17.3 Å². The molecule has 0 spiro atoms. The second kappa shape index (κ2) is 4.34. The molecule has 0 aliphatic heterocycles. The zero-order valence-electron chi connectivity index (χ0n) is 6.30. The summed E-state index contributed by atoms with van der Waals surface area (Å²) in [5, 5.41) is 0.878. The first-order chi connectivity index (χ1) is 4.45. The SMILES string of the molecule is CC(CBr)CCS(C)(=O)=O. The van der Waals surface area contributed by atoms with Crippen molar-refractivity contribution < 1.29 is 8.42 Å². The van der Waals surface area contributed by atoms with E-state index >= 15 is 0 Å². The average molecular weight is 229 g/mol. The van der Waals surface area contributed by atoms with Crippen LogP contribution >= 0.6 is 15.9 Å². The minimum atomic E-state index is -2.75. The normalized spacial score (nSPS) is 15.1. The van der Waals surface area contributed by atoms with Crippen LogP contribution in [0.15, 0.2) is 0 Å². The quantitative estimate of drug-likeness (QED) is 0.684. The lowest BCUT2D eigenvalue weighted by molar-refractivity contribution is 0.582. The van der Waals surface area contributed by atoms with Crippen LogP contribution in [0.4, 0.5) is 0 Å². The van der Waals surface area contributed by atoms with E-state index in [1.54, 1.807) is 0 Å². The Morgan fingerprint density at radius 3 is 2.30 bits per heavy atom. The summed E-state index contributed by atoms with van der Waals surface area (Å²) in [6, 6.07) is 0. The Hall–Kier alpha value is 0.430. The van der Waals surface area contributed by atoms with Crippen LogP contribution < -0.4 is 0 Å². The molecule has 1 unspecified atom stereocenters. The van der Waals surface area contributed by atoms with E-state index in [2.05, 4.69) is 15.9 Å². The first-order valence-electron chi connectivity index (χ1n) is 3.19. The van der Waals surface area contributed by atoms with Crippen molar-refractivity contribution in [3.05, 3.63) is 0 Å². The fourth-order valence-corrected chi connectivity index (χ4v) is 1.65. The Labute approximate surface area is 71.1 Å². The van der Waals surface area contributed by atoms with Crippen molar-refractivity contribution in [2.24, 2.45) is 5.92 Å². The number of hydrogen-bond acceptors (Lipinski definition) is 2. The van der Waals surface area contributed by atoms with Gasteiger partial charge in [0.1, 0.15) is 9.84 Å². The van der Waals surface area contributed by atoms with Gasteiger partial charge in [-0.1, -0.05) is 22.9 Å². The maximum Gasteiger partial charge on any atom is 0.147 e. The third kappa shape index (κ3) is 6.55. The molecule has 1 atom stereocenters. The maximum atomic E-state index is 10.6. The number of sulfone groups is 1. The van der Waals surface area contributed by atoms with Crippen LogP contribution in [0.3, 0.4) is 0 Å². The fourth-order valence-electron chi connectivity index (χ4n) is 0.492. The summed E-state index contributed by atoms with van der Waals surface area (Å²) >= 11 is 3.29. The van der Waals surface area contributed by atoms with Crippen LogP contribution in [0, 0.1) is 5.92 Å². The lowest BCUT2D eigenvalue weighted by atomic mass is 10.2. The van der Waals surface area contributed by atoms with Gasteiger partial charge in [0.15, 0.2) is 0 Å². The van der Waals surface area contributed by atoms with E-state index in [4.69, 9.17) is 0 Å². The predicted octanol–water partition coefficient (Wildman–Crippen LogP) is 1.45. The van der Waals surface area contributed by atoms with Crippen LogP contribution in [-0.4, -0.2) is 25.8 Å². The first kappa shape index (κ1) is 10.4. The lowest BCUT2D eigenvalue weighted by Gasteiger charge is -2.04. The van der Waals surface area contributed by atoms with Gasteiger partial charge in [-0.25, -0.2) is 8.42 Å². The molecule has 0 heterocycles. The molecular weight excluding hydrogens is 216 g/mol. The van der Waals surface area contributed by atoms with Gasteiger partial charge in [-0.2, -0.15) is 0 Å². The number of alkyl halides is 1. The lowest BCUT2D eigenvalue weighted by Crippen LogP contribution is -2.08. The predicted molar refractivity (Wildman–Crippen MR) is 47.3 cm³/mol. The molecule has 0 aromatic carbocycles. The molecule has 0 fully saturated rings. The van der Waals surface area contributed by atoms with E-state index < -0.39 is 9.84 Å². The molecule has 2 nitrogen and oxygen atoms in total. The highest BCUT2D eigenvalue weighted by Gasteiger charge is 2.05. The van der Waals surface area contributed by atoms with Crippen molar-refractivity contribution in [3.63, 3.8) is 0 Å². The fraction of sp³-hybridized carbons (Fsp3) is 1.00. The van der Waals surface area contributed by atoms with Crippen molar-refractivity contribution in [3.8, 4) is 0 Å². The second-order valence-electron chi connectivity index (χ2n) is 2.68. The first-order valence-corrected chi connectivity index (χ1v) is 6.37. The van der Waals surface area contributed by atoms with Gasteiger partial charge in [-0.15, -0.1) is 0 Å². The van der Waals surface area contributed by atoms with E-state index in [0.717, 1.165) is 11.8 Å². The van der Waals surface area contributed by atoms with Crippen LogP contribution in [-0.2, 0) is 9.84 Å². The topological polar surface area (TPSA) is 34.1 Å². The van der Waals surface area contributed by atoms with Gasteiger partial charge in [-0.3, -0.25) is 0 Å². The molecule has 0 aliphatic rings. The van der Waals surface area contributed by atoms with E-state index in [9.17, 15) is 8.42 Å². The second-order valence-corrected chi connectivity index (χ2v) is 5.59. The molecule has 4 heteroatoms. The highest BCUT2D eigenvalue weighted by atomic mass is 79.9. The number of halogens is 1. The Morgan fingerprint density at radius 2 is 2.00 bits per heavy atom. The monoisotopic (exact) mass is 228 g/mol. The summed E-state index contributed by atoms with van der Waals surface area (Å²) in [4.78, 5) is 0. The third-order valence-electron chi connectivity index (χ3n) is 1.24. The van der Waals surface area contributed by atoms with Gasteiger partial charge in [0.05, 0.1) is 5.75 Å². The highest BCUT2D eigenvalue weighted by molar-refractivity contribution is 9.09. The molecule has 10 heavy (non-hydrogen) atoms. The van der Waals surface area contributed by atoms with Gasteiger partial charge in [-0.05, 0) is 12.3 Å². The molecule has 0 amide bonds. The Morgan fingerprint density at radius 1 is 1.50 bits per heavy atom. The molecule has 0 aromatic rings. The molecule has 0 rings (SSSR count). The summed E-state index contributed by atoms with van der Waals surface area (Å²) in [7, 11) is -2.75. The van der Waals surface area contributed by atoms with Crippen molar-refractivity contribution in [1.29, 1.82) is 0 Å². The highest BCUT2D eigenvalue weighted by Crippen LogP contribution is 2.06. The molecule has 0 N–H and O–H groups in total. The standard InChI is InChI=1S/C6H13BrO2S/c1-6(5-7)3-4-10(2,8)9/h6H,3-5H2,1-2H3. The summed E-state index contributed by atoms with van der Waals surface area (Å²) in [6.45, 7) is 2.03. The van der Waals surface area contributed by atoms with E-state index in [-0.39, 0.29) is 0 Å². The Bertz CT molecular complexity index is 174. The van der Waals surface area contributed by atoms with Gasteiger partial charge in [0.2, 0.25) is 0 Å². The van der Waals surface area contributed by atoms with Crippen molar-refractivity contribution in [1.82, 2.24) is 0 Å². The molecule has 0 aromatic heterocycles.